The number of thiophene rings is 1. The minimum absolute atomic E-state index is 0.0529. The summed E-state index contributed by atoms with van der Waals surface area (Å²) in [4.78, 5) is 1.24. The molecule has 4 aromatic rings. The molecule has 1 N–H and O–H groups in total. The molecule has 4 nitrogen and oxygen atoms in total. The van der Waals surface area contributed by atoms with Crippen molar-refractivity contribution in [3.05, 3.63) is 93.0 Å². The zero-order valence-corrected chi connectivity index (χ0v) is 17.2. The van der Waals surface area contributed by atoms with Crippen LogP contribution in [0.2, 0.25) is 5.02 Å². The normalized spacial score (nSPS) is 13.4. The summed E-state index contributed by atoms with van der Waals surface area (Å²) in [5.74, 6) is 1.01. The van der Waals surface area contributed by atoms with Crippen LogP contribution in [0.15, 0.2) is 70.5 Å². The molecule has 0 aliphatic carbocycles. The van der Waals surface area contributed by atoms with Crippen LogP contribution in [0.4, 0.5) is 0 Å². The van der Waals surface area contributed by atoms with E-state index in [2.05, 4.69) is 64.2 Å². The number of aryl methyl sites for hydroxylation is 1. The standard InChI is InChI=1S/C22H20ClN3OS/c1-14-8-10-16(11-9-14)20(19-7-4-12-28-19)24-15(2)21-25-26-22(27-21)17-5-3-6-18(23)13-17/h3-13,15,20,24H,1-2H3/t15-,20-/m0/s1. The number of benzene rings is 2. The average Bonchev–Trinajstić information content (AvgIpc) is 3.39. The summed E-state index contributed by atoms with van der Waals surface area (Å²) in [5.41, 5.74) is 3.26. The summed E-state index contributed by atoms with van der Waals surface area (Å²) in [6.07, 6.45) is 0. The fourth-order valence-corrected chi connectivity index (χ4v) is 4.03. The Bertz CT molecular complexity index is 1040. The van der Waals surface area contributed by atoms with Gasteiger partial charge in [0.25, 0.3) is 0 Å². The zero-order chi connectivity index (χ0) is 19.5. The van der Waals surface area contributed by atoms with E-state index < -0.39 is 0 Å². The van der Waals surface area contributed by atoms with Crippen molar-refractivity contribution in [1.29, 1.82) is 0 Å². The Morgan fingerprint density at radius 1 is 1.04 bits per heavy atom. The Hall–Kier alpha value is -2.47. The number of aromatic nitrogens is 2. The van der Waals surface area contributed by atoms with Gasteiger partial charge in [-0.15, -0.1) is 21.5 Å². The first-order valence-corrected chi connectivity index (χ1v) is 10.3. The molecule has 0 saturated heterocycles. The van der Waals surface area contributed by atoms with E-state index in [4.69, 9.17) is 16.0 Å². The SMILES string of the molecule is Cc1ccc([C@H](N[C@@H](C)c2nnc(-c3cccc(Cl)c3)o2)c2cccs2)cc1. The van der Waals surface area contributed by atoms with Gasteiger partial charge in [0.15, 0.2) is 0 Å². The largest absolute Gasteiger partial charge is 0.419 e. The predicted octanol–water partition coefficient (Wildman–Crippen LogP) is 6.20. The molecule has 142 valence electrons. The van der Waals surface area contributed by atoms with Crippen LogP contribution in [0, 0.1) is 6.92 Å². The summed E-state index contributed by atoms with van der Waals surface area (Å²) < 4.78 is 5.92. The van der Waals surface area contributed by atoms with E-state index >= 15 is 0 Å². The van der Waals surface area contributed by atoms with Crippen LogP contribution in [-0.4, -0.2) is 10.2 Å². The van der Waals surface area contributed by atoms with Crippen LogP contribution in [0.5, 0.6) is 0 Å². The maximum Gasteiger partial charge on any atom is 0.247 e. The first-order valence-electron chi connectivity index (χ1n) is 9.05. The number of nitrogens with zero attached hydrogens (tertiary/aromatic N) is 2. The minimum Gasteiger partial charge on any atom is -0.419 e. The van der Waals surface area contributed by atoms with Crippen LogP contribution in [0.1, 0.15) is 40.9 Å². The molecule has 0 radical (unpaired) electrons. The summed E-state index contributed by atoms with van der Waals surface area (Å²) in [6, 6.07) is 20.1. The van der Waals surface area contributed by atoms with E-state index in [1.54, 1.807) is 11.3 Å². The minimum atomic E-state index is -0.117. The number of halogens is 1. The Balaban J connectivity index is 1.58. The van der Waals surface area contributed by atoms with Gasteiger partial charge < -0.3 is 4.42 Å². The monoisotopic (exact) mass is 409 g/mol. The fourth-order valence-electron chi connectivity index (χ4n) is 3.03. The molecule has 2 atom stereocenters. The number of hydrogen-bond donors (Lipinski definition) is 1. The lowest BCUT2D eigenvalue weighted by Gasteiger charge is -2.21. The van der Waals surface area contributed by atoms with Crippen LogP contribution in [0.3, 0.4) is 0 Å². The van der Waals surface area contributed by atoms with E-state index in [-0.39, 0.29) is 12.1 Å². The summed E-state index contributed by atoms with van der Waals surface area (Å²) in [5, 5.41) is 14.8. The first kappa shape index (κ1) is 18.9. The molecule has 2 aromatic heterocycles. The van der Waals surface area contributed by atoms with Crippen molar-refractivity contribution in [1.82, 2.24) is 15.5 Å². The maximum absolute atomic E-state index is 6.07. The molecular weight excluding hydrogens is 390 g/mol. The van der Waals surface area contributed by atoms with E-state index in [0.29, 0.717) is 16.8 Å². The maximum atomic E-state index is 6.07. The average molecular weight is 410 g/mol. The van der Waals surface area contributed by atoms with Gasteiger partial charge in [0.05, 0.1) is 12.1 Å². The third-order valence-corrected chi connectivity index (χ3v) is 5.71. The molecule has 0 amide bonds. The molecule has 0 spiro atoms. The second-order valence-corrected chi connectivity index (χ2v) is 8.12. The Morgan fingerprint density at radius 2 is 1.86 bits per heavy atom. The van der Waals surface area contributed by atoms with Crippen molar-refractivity contribution >= 4 is 22.9 Å². The molecule has 0 bridgehead atoms. The van der Waals surface area contributed by atoms with E-state index in [0.717, 1.165) is 5.56 Å². The summed E-state index contributed by atoms with van der Waals surface area (Å²) >= 11 is 7.79. The van der Waals surface area contributed by atoms with Crippen molar-refractivity contribution in [3.8, 4) is 11.5 Å². The highest BCUT2D eigenvalue weighted by molar-refractivity contribution is 7.10. The van der Waals surface area contributed by atoms with Crippen molar-refractivity contribution in [3.63, 3.8) is 0 Å². The highest BCUT2D eigenvalue weighted by Gasteiger charge is 2.22. The van der Waals surface area contributed by atoms with Crippen molar-refractivity contribution in [2.24, 2.45) is 0 Å². The van der Waals surface area contributed by atoms with E-state index in [1.165, 1.54) is 16.0 Å². The molecule has 0 aliphatic rings. The highest BCUT2D eigenvalue weighted by atomic mass is 35.5. The second kappa shape index (κ2) is 8.27. The van der Waals surface area contributed by atoms with Gasteiger partial charge in [0, 0.05) is 15.5 Å². The van der Waals surface area contributed by atoms with Crippen LogP contribution >= 0.6 is 22.9 Å². The Morgan fingerprint density at radius 3 is 2.57 bits per heavy atom. The van der Waals surface area contributed by atoms with Gasteiger partial charge in [-0.3, -0.25) is 5.32 Å². The molecule has 6 heteroatoms. The number of rotatable bonds is 6. The molecule has 0 unspecified atom stereocenters. The van der Waals surface area contributed by atoms with Crippen molar-refractivity contribution in [2.75, 3.05) is 0 Å². The number of hydrogen-bond acceptors (Lipinski definition) is 5. The number of nitrogens with one attached hydrogen (secondary N) is 1. The van der Waals surface area contributed by atoms with Crippen molar-refractivity contribution in [2.45, 2.75) is 25.9 Å². The molecule has 2 heterocycles. The third-order valence-electron chi connectivity index (χ3n) is 4.54. The first-order chi connectivity index (χ1) is 13.6. The van der Waals surface area contributed by atoms with Gasteiger partial charge in [0.2, 0.25) is 11.8 Å². The predicted molar refractivity (Wildman–Crippen MR) is 114 cm³/mol. The lowest BCUT2D eigenvalue weighted by Crippen LogP contribution is -2.25. The third kappa shape index (κ3) is 4.17. The molecule has 28 heavy (non-hydrogen) atoms. The zero-order valence-electron chi connectivity index (χ0n) is 15.6. The quantitative estimate of drug-likeness (QED) is 0.412. The molecule has 0 saturated carbocycles. The lowest BCUT2D eigenvalue weighted by atomic mass is 10.0. The van der Waals surface area contributed by atoms with Crippen LogP contribution in [-0.2, 0) is 0 Å². The molecular formula is C22H20ClN3OS. The molecule has 2 aromatic carbocycles. The van der Waals surface area contributed by atoms with Gasteiger partial charge in [-0.1, -0.05) is 53.6 Å². The molecule has 4 rings (SSSR count). The van der Waals surface area contributed by atoms with Gasteiger partial charge in [-0.2, -0.15) is 0 Å². The summed E-state index contributed by atoms with van der Waals surface area (Å²) in [7, 11) is 0. The van der Waals surface area contributed by atoms with Crippen LogP contribution < -0.4 is 5.32 Å². The van der Waals surface area contributed by atoms with Gasteiger partial charge >= 0.3 is 0 Å². The van der Waals surface area contributed by atoms with E-state index in [9.17, 15) is 0 Å². The van der Waals surface area contributed by atoms with Crippen molar-refractivity contribution < 1.29 is 4.42 Å². The van der Waals surface area contributed by atoms with Crippen LogP contribution in [0.25, 0.3) is 11.5 Å². The molecule has 0 fully saturated rings. The van der Waals surface area contributed by atoms with E-state index in [1.807, 2.05) is 31.2 Å². The highest BCUT2D eigenvalue weighted by Crippen LogP contribution is 2.30. The fraction of sp³-hybridized carbons (Fsp3) is 0.182. The Labute approximate surface area is 173 Å². The van der Waals surface area contributed by atoms with Gasteiger partial charge in [0.1, 0.15) is 0 Å². The van der Waals surface area contributed by atoms with Gasteiger partial charge in [-0.05, 0) is 49.1 Å². The van der Waals surface area contributed by atoms with Gasteiger partial charge in [-0.25, -0.2) is 0 Å². The second-order valence-electron chi connectivity index (χ2n) is 6.70. The molecule has 0 aliphatic heterocycles. The lowest BCUT2D eigenvalue weighted by molar-refractivity contribution is 0.405. The Kier molecular flexibility index (Phi) is 5.57. The summed E-state index contributed by atoms with van der Waals surface area (Å²) in [6.45, 7) is 4.12. The topological polar surface area (TPSA) is 51.0 Å². The smallest absolute Gasteiger partial charge is 0.247 e.